The zero-order valence-corrected chi connectivity index (χ0v) is 22.1. The fourth-order valence-electron chi connectivity index (χ4n) is 4.03. The van der Waals surface area contributed by atoms with E-state index in [1.165, 1.54) is 0 Å². The van der Waals surface area contributed by atoms with E-state index in [4.69, 9.17) is 16.3 Å². The maximum Gasteiger partial charge on any atom is 0.261 e. The molecule has 1 atom stereocenters. The van der Waals surface area contributed by atoms with Crippen LogP contribution in [0.15, 0.2) is 72.8 Å². The Morgan fingerprint density at radius 2 is 1.69 bits per heavy atom. The summed E-state index contributed by atoms with van der Waals surface area (Å²) in [6.45, 7) is 6.73. The average Bonchev–Trinajstić information content (AvgIpc) is 2.87. The molecule has 0 radical (unpaired) electrons. The quantitative estimate of drug-likeness (QED) is 0.311. The van der Waals surface area contributed by atoms with E-state index in [9.17, 15) is 9.59 Å². The molecule has 0 unspecified atom stereocenters. The number of nitrogens with one attached hydrogen (secondary N) is 1. The lowest BCUT2D eigenvalue weighted by Gasteiger charge is -2.31. The number of rotatable bonds is 12. The first-order valence-corrected chi connectivity index (χ1v) is 12.8. The molecular weight excluding hydrogens is 472 g/mol. The van der Waals surface area contributed by atoms with Crippen LogP contribution in [0.25, 0.3) is 0 Å². The van der Waals surface area contributed by atoms with E-state index in [1.807, 2.05) is 74.5 Å². The lowest BCUT2D eigenvalue weighted by Crippen LogP contribution is -2.51. The van der Waals surface area contributed by atoms with Gasteiger partial charge in [0.1, 0.15) is 11.8 Å². The summed E-state index contributed by atoms with van der Waals surface area (Å²) in [5.74, 6) is 0.241. The molecule has 1 N–H and O–H groups in total. The van der Waals surface area contributed by atoms with Gasteiger partial charge in [-0.05, 0) is 55.2 Å². The molecule has 0 spiro atoms. The summed E-state index contributed by atoms with van der Waals surface area (Å²) >= 11 is 6.08. The molecule has 0 heterocycles. The zero-order valence-electron chi connectivity index (χ0n) is 21.3. The van der Waals surface area contributed by atoms with Crippen LogP contribution >= 0.6 is 11.6 Å². The number of carbonyl (C=O) groups is 2. The molecule has 0 aliphatic carbocycles. The van der Waals surface area contributed by atoms with Crippen LogP contribution in [0.4, 0.5) is 0 Å². The van der Waals surface area contributed by atoms with E-state index in [0.717, 1.165) is 35.1 Å². The maximum absolute atomic E-state index is 13.6. The lowest BCUT2D eigenvalue weighted by atomic mass is 10.0. The number of unbranched alkanes of at least 4 members (excludes halogenated alkanes) is 1. The molecule has 5 nitrogen and oxygen atoms in total. The number of ether oxygens (including phenoxy) is 1. The third-order valence-corrected chi connectivity index (χ3v) is 6.30. The molecule has 0 fully saturated rings. The monoisotopic (exact) mass is 506 g/mol. The van der Waals surface area contributed by atoms with Gasteiger partial charge in [0, 0.05) is 24.5 Å². The molecule has 36 heavy (non-hydrogen) atoms. The van der Waals surface area contributed by atoms with Crippen LogP contribution in [0.1, 0.15) is 42.0 Å². The second-order valence-corrected chi connectivity index (χ2v) is 9.49. The van der Waals surface area contributed by atoms with Crippen molar-refractivity contribution in [3.05, 3.63) is 100 Å². The van der Waals surface area contributed by atoms with Gasteiger partial charge in [-0.15, -0.1) is 0 Å². The van der Waals surface area contributed by atoms with Crippen molar-refractivity contribution in [1.29, 1.82) is 0 Å². The summed E-state index contributed by atoms with van der Waals surface area (Å²) in [7, 11) is 0. The molecule has 0 saturated heterocycles. The Morgan fingerprint density at radius 1 is 0.972 bits per heavy atom. The second-order valence-electron chi connectivity index (χ2n) is 9.06. The fourth-order valence-corrected chi connectivity index (χ4v) is 4.16. The molecule has 3 aromatic rings. The first-order chi connectivity index (χ1) is 17.4. The van der Waals surface area contributed by atoms with Gasteiger partial charge in [0.05, 0.1) is 0 Å². The number of hydrogen-bond donors (Lipinski definition) is 1. The summed E-state index contributed by atoms with van der Waals surface area (Å²) in [6.07, 6.45) is 2.26. The molecule has 6 heteroatoms. The number of nitrogens with zero attached hydrogens (tertiary/aromatic N) is 1. The molecule has 0 saturated carbocycles. The van der Waals surface area contributed by atoms with Crippen LogP contribution < -0.4 is 10.1 Å². The van der Waals surface area contributed by atoms with Crippen molar-refractivity contribution < 1.29 is 14.3 Å². The molecule has 2 amide bonds. The summed E-state index contributed by atoms with van der Waals surface area (Å²) < 4.78 is 5.93. The van der Waals surface area contributed by atoms with Crippen molar-refractivity contribution in [3.63, 3.8) is 0 Å². The first-order valence-electron chi connectivity index (χ1n) is 12.4. The standard InChI is InChI=1S/C30H35ClN2O3/c1-4-5-17-32-30(35)27(19-24-9-7-6-8-10-24)33(20-25-12-14-26(31)15-13-25)29(34)21-36-28-16-11-22(2)18-23(28)3/h6-16,18,27H,4-5,17,19-21H2,1-3H3,(H,32,35)/t27-/m0/s1. The van der Waals surface area contributed by atoms with Crippen LogP contribution in [0.3, 0.4) is 0 Å². The molecule has 3 rings (SSSR count). The maximum atomic E-state index is 13.6. The number of benzene rings is 3. The van der Waals surface area contributed by atoms with E-state index < -0.39 is 6.04 Å². The number of aryl methyl sites for hydroxylation is 2. The smallest absolute Gasteiger partial charge is 0.261 e. The summed E-state index contributed by atoms with van der Waals surface area (Å²) in [4.78, 5) is 28.7. The summed E-state index contributed by atoms with van der Waals surface area (Å²) in [5.41, 5.74) is 3.96. The van der Waals surface area contributed by atoms with Crippen LogP contribution in [-0.2, 0) is 22.6 Å². The number of carbonyl (C=O) groups excluding carboxylic acids is 2. The van der Waals surface area contributed by atoms with Gasteiger partial charge in [0.15, 0.2) is 6.61 Å². The van der Waals surface area contributed by atoms with Crippen LogP contribution in [-0.4, -0.2) is 35.9 Å². The minimum absolute atomic E-state index is 0.162. The third kappa shape index (κ3) is 8.13. The highest BCUT2D eigenvalue weighted by atomic mass is 35.5. The van der Waals surface area contributed by atoms with Crippen molar-refractivity contribution >= 4 is 23.4 Å². The van der Waals surface area contributed by atoms with E-state index >= 15 is 0 Å². The Bertz CT molecular complexity index is 1130. The average molecular weight is 507 g/mol. The summed E-state index contributed by atoms with van der Waals surface area (Å²) in [5, 5.41) is 3.65. The van der Waals surface area contributed by atoms with Gasteiger partial charge in [0.25, 0.3) is 5.91 Å². The third-order valence-electron chi connectivity index (χ3n) is 6.05. The predicted molar refractivity (Wildman–Crippen MR) is 145 cm³/mol. The highest BCUT2D eigenvalue weighted by Crippen LogP contribution is 2.20. The Hall–Kier alpha value is -3.31. The molecular formula is C30H35ClN2O3. The SMILES string of the molecule is CCCCNC(=O)[C@H](Cc1ccccc1)N(Cc1ccc(Cl)cc1)C(=O)COc1ccc(C)cc1C. The highest BCUT2D eigenvalue weighted by molar-refractivity contribution is 6.30. The summed E-state index contributed by atoms with van der Waals surface area (Å²) in [6, 6.07) is 22.3. The van der Waals surface area contributed by atoms with Gasteiger partial charge in [-0.2, -0.15) is 0 Å². The lowest BCUT2D eigenvalue weighted by molar-refractivity contribution is -0.142. The predicted octanol–water partition coefficient (Wildman–Crippen LogP) is 5.89. The van der Waals surface area contributed by atoms with E-state index in [0.29, 0.717) is 23.7 Å². The Labute approximate surface area is 219 Å². The van der Waals surface area contributed by atoms with Crippen molar-refractivity contribution in [2.45, 2.75) is 52.6 Å². The van der Waals surface area contributed by atoms with Crippen molar-refractivity contribution in [1.82, 2.24) is 10.2 Å². The molecule has 0 bridgehead atoms. The topological polar surface area (TPSA) is 58.6 Å². The van der Waals surface area contributed by atoms with E-state index in [1.54, 1.807) is 17.0 Å². The largest absolute Gasteiger partial charge is 0.483 e. The highest BCUT2D eigenvalue weighted by Gasteiger charge is 2.30. The van der Waals surface area contributed by atoms with Gasteiger partial charge in [-0.3, -0.25) is 9.59 Å². The molecule has 0 aromatic heterocycles. The van der Waals surface area contributed by atoms with E-state index in [-0.39, 0.29) is 25.0 Å². The second kappa shape index (κ2) is 13.7. The van der Waals surface area contributed by atoms with Crippen LogP contribution in [0.2, 0.25) is 5.02 Å². The Kier molecular flexibility index (Phi) is 10.4. The molecule has 190 valence electrons. The van der Waals surface area contributed by atoms with Crippen LogP contribution in [0, 0.1) is 13.8 Å². The first kappa shape index (κ1) is 27.3. The Balaban J connectivity index is 1.88. The minimum Gasteiger partial charge on any atom is -0.483 e. The zero-order chi connectivity index (χ0) is 25.9. The number of hydrogen-bond acceptors (Lipinski definition) is 3. The normalized spacial score (nSPS) is 11.6. The van der Waals surface area contributed by atoms with Gasteiger partial charge >= 0.3 is 0 Å². The van der Waals surface area contributed by atoms with Crippen LogP contribution in [0.5, 0.6) is 5.75 Å². The molecule has 0 aliphatic heterocycles. The molecule has 0 aliphatic rings. The van der Waals surface area contributed by atoms with Crippen molar-refractivity contribution in [3.8, 4) is 5.75 Å². The number of halogens is 1. The fraction of sp³-hybridized carbons (Fsp3) is 0.333. The van der Waals surface area contributed by atoms with Gasteiger partial charge in [-0.1, -0.05) is 85.1 Å². The van der Waals surface area contributed by atoms with Gasteiger partial charge < -0.3 is 15.0 Å². The van der Waals surface area contributed by atoms with Gasteiger partial charge in [0.2, 0.25) is 5.91 Å². The minimum atomic E-state index is -0.685. The van der Waals surface area contributed by atoms with Gasteiger partial charge in [-0.25, -0.2) is 0 Å². The molecule has 3 aromatic carbocycles. The Morgan fingerprint density at radius 3 is 2.36 bits per heavy atom. The van der Waals surface area contributed by atoms with Crippen molar-refractivity contribution in [2.75, 3.05) is 13.2 Å². The van der Waals surface area contributed by atoms with E-state index in [2.05, 4.69) is 12.2 Å². The van der Waals surface area contributed by atoms with Crippen molar-refractivity contribution in [2.24, 2.45) is 0 Å². The number of amides is 2.